The molecule has 0 saturated carbocycles. The van der Waals surface area contributed by atoms with Gasteiger partial charge in [0.05, 0.1) is 19.3 Å². The first kappa shape index (κ1) is 32.8. The van der Waals surface area contributed by atoms with E-state index in [1.807, 2.05) is 24.3 Å². The zero-order chi connectivity index (χ0) is 30.3. The lowest BCUT2D eigenvalue weighted by molar-refractivity contribution is -0.128. The van der Waals surface area contributed by atoms with Crippen molar-refractivity contribution in [3.05, 3.63) is 64.7 Å². The molecule has 2 aromatic carbocycles. The monoisotopic (exact) mass is 585 g/mol. The number of carbonyl (C=O) groups excluding carboxylic acids is 3. The highest BCUT2D eigenvalue weighted by Crippen LogP contribution is 2.22. The lowest BCUT2D eigenvalue weighted by Gasteiger charge is -2.14. The molecule has 2 aromatic rings. The van der Waals surface area contributed by atoms with Crippen LogP contribution >= 0.6 is 0 Å². The molecule has 0 bridgehead atoms. The van der Waals surface area contributed by atoms with Crippen molar-refractivity contribution >= 4 is 18.0 Å². The second-order valence-corrected chi connectivity index (χ2v) is 10.4. The zero-order valence-corrected chi connectivity index (χ0v) is 23.9. The summed E-state index contributed by atoms with van der Waals surface area (Å²) in [6.07, 6.45) is 5.08. The van der Waals surface area contributed by atoms with E-state index in [0.29, 0.717) is 24.3 Å². The molecule has 1 saturated heterocycles. The molecule has 1 unspecified atom stereocenters. The molecule has 5 amide bonds. The van der Waals surface area contributed by atoms with Crippen molar-refractivity contribution in [1.82, 2.24) is 20.9 Å². The van der Waals surface area contributed by atoms with Gasteiger partial charge in [0.1, 0.15) is 5.75 Å². The number of benzene rings is 2. The molecule has 2 atom stereocenters. The number of imide groups is 1. The third-order valence-corrected chi connectivity index (χ3v) is 7.04. The number of phenols is 1. The maximum absolute atomic E-state index is 12.4. The lowest BCUT2D eigenvalue weighted by atomic mass is 10.1. The van der Waals surface area contributed by atoms with E-state index in [-0.39, 0.29) is 18.9 Å². The predicted octanol–water partition coefficient (Wildman–Crippen LogP) is 2.15. The van der Waals surface area contributed by atoms with Gasteiger partial charge in [-0.25, -0.2) is 9.59 Å². The van der Waals surface area contributed by atoms with E-state index < -0.39 is 30.2 Å². The molecule has 0 aliphatic carbocycles. The van der Waals surface area contributed by atoms with E-state index in [1.165, 1.54) is 6.07 Å². The number of ether oxygens (including phenoxy) is 1. The molecule has 1 heterocycles. The molecule has 1 fully saturated rings. The van der Waals surface area contributed by atoms with Crippen LogP contribution in [0, 0.1) is 0 Å². The number of aliphatic hydroxyl groups excluding tert-OH is 2. The highest BCUT2D eigenvalue weighted by molar-refractivity contribution is 6.05. The highest BCUT2D eigenvalue weighted by Gasteiger charge is 2.38. The minimum atomic E-state index is -1.14. The normalized spacial score (nSPS) is 15.6. The van der Waals surface area contributed by atoms with E-state index in [1.54, 1.807) is 12.1 Å². The van der Waals surface area contributed by atoms with Crippen LogP contribution in [0.15, 0.2) is 42.5 Å². The first-order valence-electron chi connectivity index (χ1n) is 14.4. The standard InChI is InChI=1S/C30H43N5O7/c31-29(40)33-27-28(39)35(30(41)34-27)19-22-10-7-9-21(16-22)8-3-6-15-42-14-5-2-1-4-13-32-18-26(38)23-11-12-25(37)24(17-23)20-36/h7,9-12,16-17,26-27,32,36-38H,1-6,8,13-15,18-20H2,(H,34,41)(H3,31,33,40)/t26-,27?/m0/s1. The van der Waals surface area contributed by atoms with Crippen LogP contribution in [0.5, 0.6) is 5.75 Å². The molecule has 12 heteroatoms. The molecule has 1 aliphatic rings. The topological polar surface area (TPSA) is 186 Å². The van der Waals surface area contributed by atoms with Crippen molar-refractivity contribution in [1.29, 1.82) is 0 Å². The van der Waals surface area contributed by atoms with E-state index in [9.17, 15) is 29.7 Å². The number of amides is 5. The van der Waals surface area contributed by atoms with Crippen molar-refractivity contribution < 1.29 is 34.4 Å². The number of unbranched alkanes of at least 4 members (excludes halogenated alkanes) is 4. The van der Waals surface area contributed by atoms with Crippen LogP contribution in [0.2, 0.25) is 0 Å². The number of nitrogens with two attached hydrogens (primary N) is 1. The number of primary amides is 1. The summed E-state index contributed by atoms with van der Waals surface area (Å²) in [4.78, 5) is 36.6. The summed E-state index contributed by atoms with van der Waals surface area (Å²) in [6.45, 7) is 2.49. The van der Waals surface area contributed by atoms with Crippen molar-refractivity contribution in [3.63, 3.8) is 0 Å². The van der Waals surface area contributed by atoms with Crippen LogP contribution in [0.25, 0.3) is 0 Å². The molecule has 0 spiro atoms. The van der Waals surface area contributed by atoms with Gasteiger partial charge in [-0.1, -0.05) is 43.2 Å². The minimum absolute atomic E-state index is 0.0249. The second-order valence-electron chi connectivity index (χ2n) is 10.4. The van der Waals surface area contributed by atoms with Crippen LogP contribution < -0.4 is 21.7 Å². The van der Waals surface area contributed by atoms with E-state index in [0.717, 1.165) is 74.1 Å². The smallest absolute Gasteiger partial charge is 0.326 e. The number of urea groups is 2. The molecule has 8 N–H and O–H groups in total. The number of aryl methyl sites for hydroxylation is 1. The molecule has 0 aromatic heterocycles. The Hall–Kier alpha value is -3.71. The predicted molar refractivity (Wildman–Crippen MR) is 156 cm³/mol. The number of rotatable bonds is 19. The number of aromatic hydroxyl groups is 1. The number of hydrogen-bond donors (Lipinski definition) is 7. The number of hydrogen-bond acceptors (Lipinski definition) is 8. The molecule has 3 rings (SSSR count). The third-order valence-electron chi connectivity index (χ3n) is 7.04. The summed E-state index contributed by atoms with van der Waals surface area (Å²) in [5.41, 5.74) is 8.06. The van der Waals surface area contributed by atoms with E-state index >= 15 is 0 Å². The maximum Gasteiger partial charge on any atom is 0.326 e. The Morgan fingerprint density at radius 1 is 1.02 bits per heavy atom. The molecular formula is C30H43N5O7. The highest BCUT2D eigenvalue weighted by atomic mass is 16.5. The number of carbonyl (C=O) groups is 3. The molecule has 230 valence electrons. The van der Waals surface area contributed by atoms with E-state index in [2.05, 4.69) is 16.0 Å². The van der Waals surface area contributed by atoms with Gasteiger partial charge >= 0.3 is 12.1 Å². The first-order chi connectivity index (χ1) is 20.3. The van der Waals surface area contributed by atoms with Crippen molar-refractivity contribution in [2.45, 2.75) is 70.4 Å². The summed E-state index contributed by atoms with van der Waals surface area (Å²) in [7, 11) is 0. The van der Waals surface area contributed by atoms with Gasteiger partial charge < -0.3 is 41.7 Å². The first-order valence-corrected chi connectivity index (χ1v) is 14.4. The number of aliphatic hydroxyl groups is 2. The van der Waals surface area contributed by atoms with Gasteiger partial charge in [-0.05, 0) is 67.5 Å². The van der Waals surface area contributed by atoms with Gasteiger partial charge in [-0.2, -0.15) is 0 Å². The zero-order valence-electron chi connectivity index (χ0n) is 23.9. The minimum Gasteiger partial charge on any atom is -0.508 e. The van der Waals surface area contributed by atoms with Crippen LogP contribution in [0.1, 0.15) is 66.9 Å². The summed E-state index contributed by atoms with van der Waals surface area (Å²) < 4.78 is 5.77. The fourth-order valence-corrected chi connectivity index (χ4v) is 4.71. The van der Waals surface area contributed by atoms with Crippen molar-refractivity contribution in [2.75, 3.05) is 26.3 Å². The van der Waals surface area contributed by atoms with Crippen molar-refractivity contribution in [3.8, 4) is 5.75 Å². The van der Waals surface area contributed by atoms with Gasteiger partial charge in [-0.3, -0.25) is 9.69 Å². The maximum atomic E-state index is 12.4. The largest absolute Gasteiger partial charge is 0.508 e. The van der Waals surface area contributed by atoms with E-state index in [4.69, 9.17) is 10.5 Å². The Labute approximate surface area is 246 Å². The lowest BCUT2D eigenvalue weighted by Crippen LogP contribution is -2.48. The van der Waals surface area contributed by atoms with Crippen LogP contribution in [-0.2, 0) is 29.1 Å². The van der Waals surface area contributed by atoms with Crippen LogP contribution in [0.3, 0.4) is 0 Å². The summed E-state index contributed by atoms with van der Waals surface area (Å²) in [6, 6.07) is 11.1. The Kier molecular flexibility index (Phi) is 13.5. The molecule has 42 heavy (non-hydrogen) atoms. The second kappa shape index (κ2) is 17.3. The average Bonchev–Trinajstić information content (AvgIpc) is 3.22. The summed E-state index contributed by atoms with van der Waals surface area (Å²) in [5, 5.41) is 37.0. The van der Waals surface area contributed by atoms with Gasteiger partial charge in [0.25, 0.3) is 5.91 Å². The Bertz CT molecular complexity index is 1180. The Morgan fingerprint density at radius 2 is 1.76 bits per heavy atom. The molecule has 0 radical (unpaired) electrons. The Morgan fingerprint density at radius 3 is 2.52 bits per heavy atom. The Balaban J connectivity index is 1.19. The molecule has 12 nitrogen and oxygen atoms in total. The van der Waals surface area contributed by atoms with Crippen molar-refractivity contribution in [2.24, 2.45) is 5.73 Å². The average molecular weight is 586 g/mol. The quantitative estimate of drug-likeness (QED) is 0.0965. The van der Waals surface area contributed by atoms with Gasteiger partial charge in [0.15, 0.2) is 6.17 Å². The fraction of sp³-hybridized carbons (Fsp3) is 0.500. The summed E-state index contributed by atoms with van der Waals surface area (Å²) in [5.74, 6) is -0.518. The third kappa shape index (κ3) is 10.6. The van der Waals surface area contributed by atoms with Gasteiger partial charge in [0.2, 0.25) is 0 Å². The number of nitrogens with zero attached hydrogens (tertiary/aromatic N) is 1. The molecular weight excluding hydrogens is 542 g/mol. The molecule has 1 aliphatic heterocycles. The fourth-order valence-electron chi connectivity index (χ4n) is 4.71. The number of nitrogens with one attached hydrogen (secondary N) is 3. The van der Waals surface area contributed by atoms with Crippen LogP contribution in [0.4, 0.5) is 9.59 Å². The van der Waals surface area contributed by atoms with Crippen LogP contribution in [-0.4, -0.2) is 70.7 Å². The van der Waals surface area contributed by atoms with Gasteiger partial charge in [-0.15, -0.1) is 0 Å². The SMILES string of the molecule is NC(=O)NC1NC(=O)N(Cc2cccc(CCCCOCCCCCCNC[C@H](O)c3ccc(O)c(CO)c3)c2)C1=O. The van der Waals surface area contributed by atoms with Gasteiger partial charge in [0, 0.05) is 25.3 Å². The summed E-state index contributed by atoms with van der Waals surface area (Å²) >= 11 is 0.